The lowest BCUT2D eigenvalue weighted by Crippen LogP contribution is -2.35. The molecule has 0 radical (unpaired) electrons. The molecule has 0 spiro atoms. The van der Waals surface area contributed by atoms with Crippen LogP contribution in [-0.2, 0) is 11.3 Å². The average Bonchev–Trinajstić information content (AvgIpc) is 3.34. The summed E-state index contributed by atoms with van der Waals surface area (Å²) < 4.78 is 15.4. The summed E-state index contributed by atoms with van der Waals surface area (Å²) in [6.45, 7) is 4.76. The number of hydrogen-bond donors (Lipinski definition) is 1. The normalized spacial score (nSPS) is 16.8. The van der Waals surface area contributed by atoms with E-state index < -0.39 is 5.91 Å². The molecule has 2 aliphatic rings. The third kappa shape index (κ3) is 3.93. The minimum Gasteiger partial charge on any atom is -0.344 e. The monoisotopic (exact) mass is 457 g/mol. The van der Waals surface area contributed by atoms with Crippen LogP contribution >= 0.6 is 11.8 Å². The zero-order valence-electron chi connectivity index (χ0n) is 18.0. The molecule has 6 nitrogen and oxygen atoms in total. The van der Waals surface area contributed by atoms with Crippen LogP contribution < -0.4 is 0 Å². The van der Waals surface area contributed by atoms with Crippen molar-refractivity contribution < 1.29 is 9.18 Å². The maximum atomic E-state index is 13.3. The molecule has 8 heteroatoms. The van der Waals surface area contributed by atoms with E-state index in [1.807, 2.05) is 38.1 Å². The Kier molecular flexibility index (Phi) is 5.30. The fraction of sp³-hybridized carbons (Fsp3) is 0.120. The van der Waals surface area contributed by atoms with Gasteiger partial charge in [-0.25, -0.2) is 4.39 Å². The summed E-state index contributed by atoms with van der Waals surface area (Å²) in [6, 6.07) is 18.1. The minimum atomic E-state index is -0.470. The summed E-state index contributed by atoms with van der Waals surface area (Å²) >= 11 is 1.19. The van der Waals surface area contributed by atoms with Crippen LogP contribution in [0.3, 0.4) is 0 Å². The number of carbonyl (C=O) groups is 1. The van der Waals surface area contributed by atoms with Crippen LogP contribution in [0, 0.1) is 25.1 Å². The number of carbonyl (C=O) groups excluding carboxylic acids is 1. The Balaban J connectivity index is 1.46. The van der Waals surface area contributed by atoms with Crippen molar-refractivity contribution in [2.45, 2.75) is 20.4 Å². The number of aromatic nitrogens is 1. The molecular weight excluding hydrogens is 437 g/mol. The highest BCUT2D eigenvalue weighted by Crippen LogP contribution is 2.31. The Labute approximate surface area is 194 Å². The van der Waals surface area contributed by atoms with Gasteiger partial charge in [0.05, 0.1) is 5.57 Å². The van der Waals surface area contributed by atoms with E-state index in [1.165, 1.54) is 34.5 Å². The molecule has 1 amide bonds. The second-order valence-corrected chi connectivity index (χ2v) is 8.79. The molecule has 33 heavy (non-hydrogen) atoms. The lowest BCUT2D eigenvalue weighted by molar-refractivity contribution is -0.114. The number of nitrogens with one attached hydrogen (secondary N) is 1. The molecule has 1 N–H and O–H groups in total. The quantitative estimate of drug-likeness (QED) is 0.563. The zero-order valence-corrected chi connectivity index (χ0v) is 18.9. The smallest absolute Gasteiger partial charge is 0.283 e. The number of hydrazone groups is 1. The molecule has 3 heterocycles. The molecule has 0 saturated carbocycles. The van der Waals surface area contributed by atoms with Crippen molar-refractivity contribution in [2.24, 2.45) is 10.1 Å². The summed E-state index contributed by atoms with van der Waals surface area (Å²) in [5.74, 6) is -0.833. The van der Waals surface area contributed by atoms with Crippen LogP contribution in [0.1, 0.15) is 28.1 Å². The van der Waals surface area contributed by atoms with Crippen molar-refractivity contribution in [1.29, 1.82) is 5.41 Å². The van der Waals surface area contributed by atoms with Crippen LogP contribution in [0.15, 0.2) is 76.3 Å². The van der Waals surface area contributed by atoms with E-state index in [9.17, 15) is 9.18 Å². The number of hydrogen-bond acceptors (Lipinski definition) is 4. The van der Waals surface area contributed by atoms with Gasteiger partial charge >= 0.3 is 0 Å². The highest BCUT2D eigenvalue weighted by atomic mass is 32.2. The number of thioether (sulfide) groups is 1. The Morgan fingerprint density at radius 1 is 1.09 bits per heavy atom. The predicted molar refractivity (Wildman–Crippen MR) is 130 cm³/mol. The standard InChI is InChI=1S/C25H20FN5OS/c1-15-12-19(16(2)30(15)14-17-6-4-3-5-7-17)13-21-22(27)31-25(28-23(21)32)33-24(29-31)18-8-10-20(26)11-9-18/h3-13,27H,14H2,1-2H3/b21-13-,27-22?. The molecule has 3 aromatic rings. The van der Waals surface area contributed by atoms with Crippen LogP contribution in [0.5, 0.6) is 0 Å². The molecule has 2 aliphatic heterocycles. The molecular formula is C25H20FN5OS. The van der Waals surface area contributed by atoms with Crippen molar-refractivity contribution >= 4 is 39.8 Å². The summed E-state index contributed by atoms with van der Waals surface area (Å²) in [7, 11) is 0. The third-order valence-electron chi connectivity index (χ3n) is 5.64. The molecule has 0 bridgehead atoms. The molecule has 164 valence electrons. The lowest BCUT2D eigenvalue weighted by Gasteiger charge is -2.20. The Hall–Kier alpha value is -3.78. The van der Waals surface area contributed by atoms with Gasteiger partial charge < -0.3 is 4.57 Å². The third-order valence-corrected chi connectivity index (χ3v) is 6.60. The van der Waals surface area contributed by atoms with Crippen molar-refractivity contribution in [1.82, 2.24) is 9.58 Å². The van der Waals surface area contributed by atoms with Gasteiger partial charge in [0.15, 0.2) is 5.84 Å². The van der Waals surface area contributed by atoms with Gasteiger partial charge in [0.2, 0.25) is 5.17 Å². The van der Waals surface area contributed by atoms with E-state index in [-0.39, 0.29) is 17.2 Å². The SMILES string of the molecule is Cc1cc(/C=C2/C(=N)N3N=C(c4ccc(F)cc4)SC3=NC2=O)c(C)n1Cc1ccccc1. The highest BCUT2D eigenvalue weighted by molar-refractivity contribution is 8.27. The second kappa shape index (κ2) is 8.29. The summed E-state index contributed by atoms with van der Waals surface area (Å²) in [5.41, 5.74) is 5.01. The summed E-state index contributed by atoms with van der Waals surface area (Å²) in [6.07, 6.45) is 1.71. The summed E-state index contributed by atoms with van der Waals surface area (Å²) in [4.78, 5) is 16.9. The Morgan fingerprint density at radius 2 is 1.82 bits per heavy atom. The summed E-state index contributed by atoms with van der Waals surface area (Å²) in [5, 5.41) is 15.3. The first-order valence-corrected chi connectivity index (χ1v) is 11.2. The zero-order chi connectivity index (χ0) is 23.1. The number of rotatable bonds is 4. The first kappa shape index (κ1) is 21.1. The topological polar surface area (TPSA) is 73.8 Å². The molecule has 0 unspecified atom stereocenters. The Bertz CT molecular complexity index is 1370. The van der Waals surface area contributed by atoms with Crippen LogP contribution in [0.4, 0.5) is 4.39 Å². The van der Waals surface area contributed by atoms with Gasteiger partial charge in [-0.15, -0.1) is 0 Å². The maximum absolute atomic E-state index is 13.3. The lowest BCUT2D eigenvalue weighted by atomic mass is 10.1. The molecule has 5 rings (SSSR count). The van der Waals surface area contributed by atoms with Gasteiger partial charge in [0, 0.05) is 23.5 Å². The van der Waals surface area contributed by atoms with Gasteiger partial charge in [-0.3, -0.25) is 10.2 Å². The van der Waals surface area contributed by atoms with Crippen molar-refractivity contribution in [3.8, 4) is 0 Å². The van der Waals surface area contributed by atoms with Gasteiger partial charge in [-0.05, 0) is 73.1 Å². The van der Waals surface area contributed by atoms with Crippen molar-refractivity contribution in [3.05, 3.63) is 100 Å². The van der Waals surface area contributed by atoms with Crippen LogP contribution in [-0.4, -0.2) is 31.5 Å². The van der Waals surface area contributed by atoms with Crippen molar-refractivity contribution in [3.63, 3.8) is 0 Å². The number of nitrogens with zero attached hydrogens (tertiary/aromatic N) is 4. The highest BCUT2D eigenvalue weighted by Gasteiger charge is 2.36. The number of benzene rings is 2. The number of amidine groups is 2. The first-order valence-electron chi connectivity index (χ1n) is 10.4. The van der Waals surface area contributed by atoms with E-state index in [0.29, 0.717) is 15.8 Å². The maximum Gasteiger partial charge on any atom is 0.283 e. The van der Waals surface area contributed by atoms with Gasteiger partial charge in [-0.1, -0.05) is 30.3 Å². The van der Waals surface area contributed by atoms with E-state index in [1.54, 1.807) is 18.2 Å². The Morgan fingerprint density at radius 3 is 2.55 bits per heavy atom. The molecule has 0 fully saturated rings. The van der Waals surface area contributed by atoms with E-state index in [4.69, 9.17) is 5.41 Å². The van der Waals surface area contributed by atoms with Gasteiger partial charge in [0.25, 0.3) is 5.91 Å². The second-order valence-electron chi connectivity index (χ2n) is 7.83. The molecule has 0 saturated heterocycles. The average molecular weight is 458 g/mol. The number of fused-ring (bicyclic) bond motifs is 1. The number of halogens is 1. The molecule has 2 aromatic carbocycles. The largest absolute Gasteiger partial charge is 0.344 e. The number of aryl methyl sites for hydroxylation is 1. The van der Waals surface area contributed by atoms with E-state index in [0.717, 1.165) is 23.5 Å². The van der Waals surface area contributed by atoms with Gasteiger partial charge in [-0.2, -0.15) is 15.1 Å². The number of amides is 1. The van der Waals surface area contributed by atoms with Crippen LogP contribution in [0.2, 0.25) is 0 Å². The van der Waals surface area contributed by atoms with E-state index >= 15 is 0 Å². The first-order chi connectivity index (χ1) is 15.9. The van der Waals surface area contributed by atoms with Gasteiger partial charge in [0.1, 0.15) is 10.9 Å². The molecule has 0 atom stereocenters. The fourth-order valence-electron chi connectivity index (χ4n) is 3.84. The van der Waals surface area contributed by atoms with Crippen molar-refractivity contribution in [2.75, 3.05) is 0 Å². The minimum absolute atomic E-state index is 0.0255. The molecule has 0 aliphatic carbocycles. The van der Waals surface area contributed by atoms with Crippen LogP contribution in [0.25, 0.3) is 6.08 Å². The molecule has 1 aromatic heterocycles. The predicted octanol–water partition coefficient (Wildman–Crippen LogP) is 4.96. The van der Waals surface area contributed by atoms with E-state index in [2.05, 4.69) is 26.8 Å². The number of aliphatic imine (C=N–C) groups is 1. The fourth-order valence-corrected chi connectivity index (χ4v) is 4.74.